The average molecular weight is 1100 g/mol. The maximum atomic E-state index is 15.6. The monoisotopic (exact) mass is 1100 g/mol. The number of carbonyl (C=O) groups excluding carboxylic acids is 2. The number of aliphatic hydroxyl groups excluding tert-OH is 1. The lowest BCUT2D eigenvalue weighted by molar-refractivity contribution is -0.143. The number of nitrogens with one attached hydrogen (secondary N) is 1. The number of sulfone groups is 1. The van der Waals surface area contributed by atoms with Crippen LogP contribution in [0.2, 0.25) is 5.02 Å². The van der Waals surface area contributed by atoms with Gasteiger partial charge in [0.15, 0.2) is 21.3 Å². The minimum atomic E-state index is -5.22. The maximum absolute atomic E-state index is 15.6. The number of carbonyl (C=O) groups is 2. The van der Waals surface area contributed by atoms with E-state index in [1.807, 2.05) is 0 Å². The van der Waals surface area contributed by atoms with Crippen LogP contribution in [0.15, 0.2) is 42.5 Å². The third-order valence-corrected chi connectivity index (χ3v) is 15.8. The number of halogens is 11. The molecular weight excluding hydrogens is 1060 g/mol. The Kier molecular flexibility index (Phi) is 15.1. The van der Waals surface area contributed by atoms with E-state index in [4.69, 9.17) is 26.2 Å². The van der Waals surface area contributed by atoms with Gasteiger partial charge in [-0.25, -0.2) is 30.4 Å². The highest BCUT2D eigenvalue weighted by atomic mass is 35.5. The Morgan fingerprint density at radius 2 is 1.60 bits per heavy atom. The minimum absolute atomic E-state index is 0.0439. The fourth-order valence-electron chi connectivity index (χ4n) is 8.61. The number of aromatic nitrogens is 5. The van der Waals surface area contributed by atoms with Gasteiger partial charge in [-0.3, -0.25) is 19.1 Å². The molecule has 398 valence electrons. The van der Waals surface area contributed by atoms with Crippen LogP contribution in [0.4, 0.5) is 54.5 Å². The average Bonchev–Trinajstić information content (AvgIpc) is 3.77. The molecule has 73 heavy (non-hydrogen) atoms. The van der Waals surface area contributed by atoms with Crippen molar-refractivity contribution in [2.24, 2.45) is 5.92 Å². The van der Waals surface area contributed by atoms with Crippen LogP contribution in [-0.2, 0) is 72.2 Å². The summed E-state index contributed by atoms with van der Waals surface area (Å²) in [6.45, 7) is -2.06. The molecule has 3 heterocycles. The SMILES string of the molecule is CC(C)(CCc1ccc(-c2ccc(Cl)c3c(N(C(=O)OCCOCCO)S(C)(=O)=O)nn(CC(F)(F)F)c23)c([C@H](Cc2cc(F)cc(F)c2)NC(=O)Cn2nc(C(F)(F)F)c3c2C(F)(F)C2C[C@H]32)n1)S(C)(=O)=O. The number of rotatable bonds is 19. The zero-order chi connectivity index (χ0) is 54.0. The van der Waals surface area contributed by atoms with Crippen molar-refractivity contribution in [2.75, 3.05) is 43.2 Å². The van der Waals surface area contributed by atoms with Crippen molar-refractivity contribution in [1.82, 2.24) is 29.9 Å². The number of anilines is 1. The first-order valence-electron chi connectivity index (χ1n) is 21.8. The van der Waals surface area contributed by atoms with Gasteiger partial charge in [0, 0.05) is 40.6 Å². The molecule has 2 amide bonds. The molecule has 0 aliphatic heterocycles. The van der Waals surface area contributed by atoms with Crippen LogP contribution in [-0.4, -0.2) is 108 Å². The van der Waals surface area contributed by atoms with Gasteiger partial charge in [-0.15, -0.1) is 0 Å². The highest BCUT2D eigenvalue weighted by Crippen LogP contribution is 2.68. The fraction of sp³-hybridized carbons (Fsp3) is 0.477. The second-order valence-corrected chi connectivity index (χ2v) is 23.0. The van der Waals surface area contributed by atoms with Crippen molar-refractivity contribution in [3.63, 3.8) is 0 Å². The van der Waals surface area contributed by atoms with Gasteiger partial charge in [0.25, 0.3) is 5.92 Å². The summed E-state index contributed by atoms with van der Waals surface area (Å²) in [5.41, 5.74) is -5.33. The highest BCUT2D eigenvalue weighted by Gasteiger charge is 2.68. The molecule has 2 N–H and O–H groups in total. The van der Waals surface area contributed by atoms with Gasteiger partial charge in [0.2, 0.25) is 15.9 Å². The van der Waals surface area contributed by atoms with E-state index in [2.05, 4.69) is 20.5 Å². The summed E-state index contributed by atoms with van der Waals surface area (Å²) in [6.07, 6.45) is -11.8. The topological polar surface area (TPSA) is 205 Å². The first-order chi connectivity index (χ1) is 33.7. The number of fused-ring (bicyclic) bond motifs is 4. The van der Waals surface area contributed by atoms with Crippen LogP contribution in [0, 0.1) is 17.6 Å². The van der Waals surface area contributed by atoms with Crippen molar-refractivity contribution in [1.29, 1.82) is 0 Å². The molecular formula is C44H44ClF10N7O9S2. The number of aryl methyl sites for hydroxylation is 1. The number of amides is 2. The number of hydrogen-bond acceptors (Lipinski definition) is 12. The van der Waals surface area contributed by atoms with Crippen molar-refractivity contribution in [3.8, 4) is 11.1 Å². The summed E-state index contributed by atoms with van der Waals surface area (Å²) in [5.74, 6) is -11.1. The van der Waals surface area contributed by atoms with Crippen LogP contribution in [0.3, 0.4) is 0 Å². The Labute approximate surface area is 414 Å². The standard InChI is InChI=1S/C44H44ClF10N7O9S2/c1-41(2,72(3,66)67)10-9-25-5-6-26(27-7-8-30(45)34-36(27)61(21-42(48,49)50)59-39(34)62(73(4,68)69)40(65)71-14-13-70-12-11-63)35(56-25)31(17-22-15-23(46)18-24(47)16-22)57-32(64)20-60-38-33(37(58-60)44(53,54)55)28-19-29(28)43(38,51)52/h5-8,15-16,18,28-29,31,63H,9-14,17,19-21H2,1-4H3,(H,57,64)/t28-,29?,31-/m0/s1. The van der Waals surface area contributed by atoms with Crippen LogP contribution in [0.25, 0.3) is 22.0 Å². The summed E-state index contributed by atoms with van der Waals surface area (Å²) < 4.78 is 208. The summed E-state index contributed by atoms with van der Waals surface area (Å²) in [4.78, 5) is 32.4. The lowest BCUT2D eigenvalue weighted by Crippen LogP contribution is -2.37. The molecule has 2 aromatic carbocycles. The Balaban J connectivity index is 1.44. The number of ether oxygens (including phenoxy) is 2. The largest absolute Gasteiger partial charge is 0.446 e. The van der Waals surface area contributed by atoms with Gasteiger partial charge in [0.1, 0.15) is 37.0 Å². The normalized spacial score (nSPS) is 17.1. The van der Waals surface area contributed by atoms with Crippen LogP contribution >= 0.6 is 11.6 Å². The smallest absolute Gasteiger partial charge is 0.435 e. The molecule has 0 radical (unpaired) electrons. The second kappa shape index (κ2) is 19.9. The van der Waals surface area contributed by atoms with Gasteiger partial charge >= 0.3 is 18.4 Å². The molecule has 2 aliphatic carbocycles. The van der Waals surface area contributed by atoms with Gasteiger partial charge in [-0.2, -0.15) is 49.6 Å². The summed E-state index contributed by atoms with van der Waals surface area (Å²) in [7, 11) is -8.60. The highest BCUT2D eigenvalue weighted by molar-refractivity contribution is 7.92. The number of sulfonamides is 1. The molecule has 7 rings (SSSR count). The molecule has 2 aliphatic rings. The van der Waals surface area contributed by atoms with Crippen LogP contribution in [0.1, 0.15) is 72.6 Å². The summed E-state index contributed by atoms with van der Waals surface area (Å²) >= 11 is 6.62. The molecule has 1 fully saturated rings. The lowest BCUT2D eigenvalue weighted by Gasteiger charge is -2.25. The fourth-order valence-corrected chi connectivity index (χ4v) is 10.1. The van der Waals surface area contributed by atoms with Crippen molar-refractivity contribution >= 4 is 60.2 Å². The predicted molar refractivity (Wildman–Crippen MR) is 241 cm³/mol. The zero-order valence-corrected chi connectivity index (χ0v) is 41.1. The number of alkyl halides is 8. The number of nitrogens with zero attached hydrogens (tertiary/aromatic N) is 6. The molecule has 3 aromatic heterocycles. The second-order valence-electron chi connectivity index (χ2n) is 18.1. The van der Waals surface area contributed by atoms with E-state index >= 15 is 8.78 Å². The lowest BCUT2D eigenvalue weighted by atomic mass is 9.93. The van der Waals surface area contributed by atoms with Crippen LogP contribution < -0.4 is 9.62 Å². The Morgan fingerprint density at radius 1 is 0.945 bits per heavy atom. The molecule has 1 unspecified atom stereocenters. The molecule has 0 spiro atoms. The van der Waals surface area contributed by atoms with E-state index in [-0.39, 0.29) is 74.2 Å². The van der Waals surface area contributed by atoms with Crippen molar-refractivity contribution in [2.45, 2.75) is 87.6 Å². The zero-order valence-electron chi connectivity index (χ0n) is 38.7. The van der Waals surface area contributed by atoms with Gasteiger partial charge in [0.05, 0.1) is 58.5 Å². The van der Waals surface area contributed by atoms with Crippen LogP contribution in [0.5, 0.6) is 0 Å². The van der Waals surface area contributed by atoms with E-state index in [1.54, 1.807) is 0 Å². The van der Waals surface area contributed by atoms with Crippen molar-refractivity contribution < 1.29 is 84.9 Å². The summed E-state index contributed by atoms with van der Waals surface area (Å²) in [6, 6.07) is 5.14. The van der Waals surface area contributed by atoms with E-state index in [9.17, 15) is 61.5 Å². The Bertz CT molecular complexity index is 3180. The number of pyridine rings is 1. The predicted octanol–water partition coefficient (Wildman–Crippen LogP) is 7.78. The molecule has 0 saturated heterocycles. The maximum Gasteiger partial charge on any atom is 0.435 e. The van der Waals surface area contributed by atoms with Gasteiger partial charge < -0.3 is 19.9 Å². The molecule has 0 bridgehead atoms. The quantitative estimate of drug-likeness (QED) is 0.0601. The van der Waals surface area contributed by atoms with E-state index in [0.29, 0.717) is 12.3 Å². The van der Waals surface area contributed by atoms with E-state index < -0.39 is 156 Å². The molecule has 5 aromatic rings. The molecule has 29 heteroatoms. The molecule has 3 atom stereocenters. The van der Waals surface area contributed by atoms with Gasteiger partial charge in [-0.1, -0.05) is 23.7 Å². The number of hydrogen-bond donors (Lipinski definition) is 2. The third kappa shape index (κ3) is 11.7. The Hall–Kier alpha value is -5.58. The number of aliphatic hydroxyl groups is 1. The summed E-state index contributed by atoms with van der Waals surface area (Å²) in [5, 5.41) is 17.6. The van der Waals surface area contributed by atoms with E-state index in [1.165, 1.54) is 26.0 Å². The van der Waals surface area contributed by atoms with E-state index in [0.717, 1.165) is 30.5 Å². The third-order valence-electron chi connectivity index (χ3n) is 12.3. The first kappa shape index (κ1) is 55.2. The first-order valence-corrected chi connectivity index (χ1v) is 26.0. The van der Waals surface area contributed by atoms with Gasteiger partial charge in [-0.05, 0) is 75.3 Å². The molecule has 1 saturated carbocycles. The van der Waals surface area contributed by atoms with Crippen molar-refractivity contribution in [3.05, 3.63) is 93.0 Å². The number of benzene rings is 2. The Morgan fingerprint density at radius 3 is 2.21 bits per heavy atom. The minimum Gasteiger partial charge on any atom is -0.446 e. The molecule has 16 nitrogen and oxygen atoms in total.